The fraction of sp³-hybridized carbons (Fsp3) is 0.273. The van der Waals surface area contributed by atoms with E-state index in [1.807, 2.05) is 0 Å². The summed E-state index contributed by atoms with van der Waals surface area (Å²) in [5.41, 5.74) is 0. The Morgan fingerprint density at radius 1 is 1.41 bits per heavy atom. The summed E-state index contributed by atoms with van der Waals surface area (Å²) >= 11 is 1.20. The maximum Gasteiger partial charge on any atom is 0.451 e. The first kappa shape index (κ1) is 15.9. The number of thiophene rings is 1. The lowest BCUT2D eigenvalue weighted by Gasteiger charge is -2.11. The van der Waals surface area contributed by atoms with E-state index in [0.29, 0.717) is 4.88 Å². The van der Waals surface area contributed by atoms with E-state index in [4.69, 9.17) is 0 Å². The summed E-state index contributed by atoms with van der Waals surface area (Å²) in [5, 5.41) is 11.1. The number of alkyl halides is 3. The van der Waals surface area contributed by atoms with Gasteiger partial charge in [0.25, 0.3) is 5.91 Å². The number of hydrogen-bond acceptors (Lipinski definition) is 5. The second kappa shape index (κ2) is 6.13. The molecule has 0 saturated carbocycles. The van der Waals surface area contributed by atoms with Crippen LogP contribution in [0.4, 0.5) is 19.1 Å². The van der Waals surface area contributed by atoms with Crippen molar-refractivity contribution in [2.24, 2.45) is 0 Å². The number of hydrogen-bond donors (Lipinski definition) is 3. The minimum Gasteiger partial charge on any atom is -0.340 e. The van der Waals surface area contributed by atoms with Gasteiger partial charge in [-0.25, -0.2) is 0 Å². The molecule has 11 heteroatoms. The molecule has 118 valence electrons. The van der Waals surface area contributed by atoms with Crippen LogP contribution in [0.2, 0.25) is 0 Å². The molecule has 0 aliphatic rings. The zero-order valence-corrected chi connectivity index (χ0v) is 11.9. The fourth-order valence-corrected chi connectivity index (χ4v) is 2.03. The molecular formula is C11H10F3N5O2S. The summed E-state index contributed by atoms with van der Waals surface area (Å²) in [5.74, 6) is -3.03. The molecule has 1 atom stereocenters. The van der Waals surface area contributed by atoms with Crippen LogP contribution in [0.3, 0.4) is 0 Å². The van der Waals surface area contributed by atoms with Gasteiger partial charge in [0.15, 0.2) is 0 Å². The highest BCUT2D eigenvalue weighted by Gasteiger charge is 2.35. The molecule has 0 aliphatic heterocycles. The van der Waals surface area contributed by atoms with Crippen LogP contribution in [0.15, 0.2) is 17.5 Å². The number of aromatic nitrogens is 3. The minimum atomic E-state index is -4.69. The van der Waals surface area contributed by atoms with Crippen LogP contribution in [-0.4, -0.2) is 33.0 Å². The lowest BCUT2D eigenvalue weighted by atomic mass is 10.3. The number of nitrogens with zero attached hydrogens (tertiary/aromatic N) is 2. The van der Waals surface area contributed by atoms with E-state index in [1.54, 1.807) is 22.6 Å². The Morgan fingerprint density at radius 2 is 2.14 bits per heavy atom. The van der Waals surface area contributed by atoms with Gasteiger partial charge in [-0.05, 0) is 18.4 Å². The van der Waals surface area contributed by atoms with Crippen LogP contribution in [0, 0.1) is 0 Å². The predicted molar refractivity (Wildman–Crippen MR) is 71.3 cm³/mol. The molecule has 0 radical (unpaired) electrons. The maximum absolute atomic E-state index is 12.3. The van der Waals surface area contributed by atoms with E-state index in [0.717, 1.165) is 0 Å². The number of carbonyl (C=O) groups excluding carboxylic acids is 2. The van der Waals surface area contributed by atoms with E-state index in [-0.39, 0.29) is 0 Å². The third-order valence-corrected chi connectivity index (χ3v) is 3.34. The molecule has 0 aliphatic carbocycles. The normalized spacial score (nSPS) is 12.7. The Bertz CT molecular complexity index is 668. The van der Waals surface area contributed by atoms with Crippen LogP contribution in [0.5, 0.6) is 0 Å². The first-order valence-corrected chi connectivity index (χ1v) is 6.80. The van der Waals surface area contributed by atoms with Gasteiger partial charge in [0.05, 0.1) is 4.88 Å². The van der Waals surface area contributed by atoms with E-state index in [1.165, 1.54) is 18.3 Å². The molecule has 2 rings (SSSR count). The van der Waals surface area contributed by atoms with Crippen molar-refractivity contribution in [2.75, 3.05) is 5.32 Å². The molecule has 2 heterocycles. The van der Waals surface area contributed by atoms with Gasteiger partial charge in [0.1, 0.15) is 6.04 Å². The maximum atomic E-state index is 12.3. The van der Waals surface area contributed by atoms with E-state index in [2.05, 4.69) is 20.7 Å². The highest BCUT2D eigenvalue weighted by Crippen LogP contribution is 2.26. The Morgan fingerprint density at radius 3 is 2.68 bits per heavy atom. The van der Waals surface area contributed by atoms with Crippen LogP contribution >= 0.6 is 11.3 Å². The monoisotopic (exact) mass is 333 g/mol. The van der Waals surface area contributed by atoms with Crippen molar-refractivity contribution in [1.82, 2.24) is 20.5 Å². The lowest BCUT2D eigenvalue weighted by molar-refractivity contribution is -0.144. The molecular weight excluding hydrogens is 323 g/mol. The van der Waals surface area contributed by atoms with Gasteiger partial charge in [-0.3, -0.25) is 20.0 Å². The van der Waals surface area contributed by atoms with Gasteiger partial charge in [-0.2, -0.15) is 18.2 Å². The first-order valence-electron chi connectivity index (χ1n) is 5.92. The van der Waals surface area contributed by atoms with Crippen LogP contribution < -0.4 is 10.6 Å². The third-order valence-electron chi connectivity index (χ3n) is 2.47. The number of carbonyl (C=O) groups is 2. The van der Waals surface area contributed by atoms with E-state index < -0.39 is 35.8 Å². The summed E-state index contributed by atoms with van der Waals surface area (Å²) in [4.78, 5) is 27.0. The second-order valence-electron chi connectivity index (χ2n) is 4.17. The largest absolute Gasteiger partial charge is 0.451 e. The number of rotatable bonds is 4. The zero-order valence-electron chi connectivity index (χ0n) is 11.1. The molecule has 0 saturated heterocycles. The Hall–Kier alpha value is -2.43. The van der Waals surface area contributed by atoms with Gasteiger partial charge in [0.2, 0.25) is 17.7 Å². The third kappa shape index (κ3) is 3.81. The number of amides is 2. The second-order valence-corrected chi connectivity index (χ2v) is 5.11. The molecule has 0 spiro atoms. The van der Waals surface area contributed by atoms with Gasteiger partial charge in [-0.15, -0.1) is 16.4 Å². The van der Waals surface area contributed by atoms with Crippen LogP contribution in [-0.2, 0) is 11.0 Å². The smallest absolute Gasteiger partial charge is 0.340 e. The van der Waals surface area contributed by atoms with Crippen molar-refractivity contribution in [3.63, 3.8) is 0 Å². The average Bonchev–Trinajstić information content (AvgIpc) is 3.08. The van der Waals surface area contributed by atoms with Gasteiger partial charge in [-0.1, -0.05) is 6.07 Å². The van der Waals surface area contributed by atoms with Crippen molar-refractivity contribution < 1.29 is 22.8 Å². The van der Waals surface area contributed by atoms with Crippen molar-refractivity contribution in [1.29, 1.82) is 0 Å². The Balaban J connectivity index is 1.94. The summed E-state index contributed by atoms with van der Waals surface area (Å²) in [6, 6.07) is 2.29. The topological polar surface area (TPSA) is 99.8 Å². The first-order chi connectivity index (χ1) is 10.3. The van der Waals surface area contributed by atoms with Crippen molar-refractivity contribution in [2.45, 2.75) is 19.1 Å². The van der Waals surface area contributed by atoms with Crippen molar-refractivity contribution in [3.05, 3.63) is 28.2 Å². The molecule has 2 amide bonds. The number of anilines is 1. The van der Waals surface area contributed by atoms with E-state index in [9.17, 15) is 22.8 Å². The van der Waals surface area contributed by atoms with Crippen molar-refractivity contribution in [3.8, 4) is 0 Å². The fourth-order valence-electron chi connectivity index (χ4n) is 1.40. The molecule has 0 aromatic carbocycles. The number of nitrogens with one attached hydrogen (secondary N) is 3. The molecule has 1 unspecified atom stereocenters. The molecule has 2 aromatic rings. The standard InChI is InChI=1S/C11H10F3N5O2S/c1-5(15-8(21)6-3-2-4-22-6)7(20)16-10-17-9(18-19-10)11(12,13)14/h2-5H,1H3,(H,15,21)(H2,16,17,18,19,20). The van der Waals surface area contributed by atoms with Crippen LogP contribution in [0.25, 0.3) is 0 Å². The number of aromatic amines is 1. The Labute approximate surface area is 125 Å². The molecule has 2 aromatic heterocycles. The van der Waals surface area contributed by atoms with Gasteiger partial charge in [0, 0.05) is 0 Å². The molecule has 22 heavy (non-hydrogen) atoms. The summed E-state index contributed by atoms with van der Waals surface area (Å²) in [6.07, 6.45) is -4.69. The van der Waals surface area contributed by atoms with E-state index >= 15 is 0 Å². The average molecular weight is 333 g/mol. The van der Waals surface area contributed by atoms with Crippen molar-refractivity contribution >= 4 is 29.1 Å². The summed E-state index contributed by atoms with van der Waals surface area (Å²) in [7, 11) is 0. The highest BCUT2D eigenvalue weighted by molar-refractivity contribution is 7.12. The zero-order chi connectivity index (χ0) is 16.3. The number of halogens is 3. The predicted octanol–water partition coefficient (Wildman–Crippen LogP) is 1.64. The number of H-pyrrole nitrogens is 1. The van der Waals surface area contributed by atoms with Gasteiger partial charge >= 0.3 is 6.18 Å². The Kier molecular flexibility index (Phi) is 4.45. The molecule has 7 nitrogen and oxygen atoms in total. The summed E-state index contributed by atoms with van der Waals surface area (Å²) in [6.45, 7) is 1.39. The highest BCUT2D eigenvalue weighted by atomic mass is 32.1. The molecule has 3 N–H and O–H groups in total. The SMILES string of the molecule is CC(NC(=O)c1cccs1)C(=O)Nc1n[nH]c(C(F)(F)F)n1. The molecule has 0 bridgehead atoms. The van der Waals surface area contributed by atoms with Crippen LogP contribution in [0.1, 0.15) is 22.4 Å². The minimum absolute atomic E-state index is 0.414. The quantitative estimate of drug-likeness (QED) is 0.792. The molecule has 0 fully saturated rings. The lowest BCUT2D eigenvalue weighted by Crippen LogP contribution is -2.41. The summed E-state index contributed by atoms with van der Waals surface area (Å²) < 4.78 is 37.0. The van der Waals surface area contributed by atoms with Gasteiger partial charge < -0.3 is 5.32 Å².